The Morgan fingerprint density at radius 3 is 2.70 bits per heavy atom. The summed E-state index contributed by atoms with van der Waals surface area (Å²) in [5, 5.41) is 0.399. The lowest BCUT2D eigenvalue weighted by molar-refractivity contribution is -0.142. The molecule has 7 nitrogen and oxygen atoms in total. The molecule has 4 rings (SSSR count). The van der Waals surface area contributed by atoms with Crippen LogP contribution in [0, 0.1) is 0 Å². The Morgan fingerprint density at radius 2 is 2.00 bits per heavy atom. The summed E-state index contributed by atoms with van der Waals surface area (Å²) in [4.78, 5) is 30.2. The van der Waals surface area contributed by atoms with Crippen LogP contribution in [-0.2, 0) is 28.8 Å². The van der Waals surface area contributed by atoms with Crippen LogP contribution in [0.15, 0.2) is 24.5 Å². The molecule has 27 heavy (non-hydrogen) atoms. The maximum Gasteiger partial charge on any atom is 0.313 e. The fourth-order valence-electron chi connectivity index (χ4n) is 3.42. The summed E-state index contributed by atoms with van der Waals surface area (Å²) in [5.74, 6) is 1.21. The molecule has 0 bridgehead atoms. The smallest absolute Gasteiger partial charge is 0.313 e. The lowest BCUT2D eigenvalue weighted by Crippen LogP contribution is -2.26. The third-order valence-corrected chi connectivity index (χ3v) is 4.90. The van der Waals surface area contributed by atoms with Gasteiger partial charge in [-0.05, 0) is 43.0 Å². The molecule has 0 unspecified atom stereocenters. The predicted octanol–water partition coefficient (Wildman–Crippen LogP) is 2.72. The van der Waals surface area contributed by atoms with Gasteiger partial charge in [0.2, 0.25) is 0 Å². The van der Waals surface area contributed by atoms with Crippen LogP contribution in [0.25, 0.3) is 11.0 Å². The fourth-order valence-corrected chi connectivity index (χ4v) is 3.51. The highest BCUT2D eigenvalue weighted by Crippen LogP contribution is 2.24. The van der Waals surface area contributed by atoms with Gasteiger partial charge in [-0.2, -0.15) is 0 Å². The van der Waals surface area contributed by atoms with Crippen molar-refractivity contribution in [3.63, 3.8) is 0 Å². The topological polar surface area (TPSA) is 84.0 Å². The van der Waals surface area contributed by atoms with Crippen LogP contribution in [-0.4, -0.2) is 45.6 Å². The van der Waals surface area contributed by atoms with Gasteiger partial charge in [-0.3, -0.25) is 4.79 Å². The second-order valence-corrected chi connectivity index (χ2v) is 6.87. The number of carbonyl (C=O) groups is 1. The maximum atomic E-state index is 11.7. The second-order valence-electron chi connectivity index (χ2n) is 6.49. The number of aromatic amines is 1. The summed E-state index contributed by atoms with van der Waals surface area (Å²) in [5.41, 5.74) is 4.40. The van der Waals surface area contributed by atoms with Gasteiger partial charge in [0.05, 0.1) is 30.0 Å². The van der Waals surface area contributed by atoms with Crippen molar-refractivity contribution in [2.45, 2.75) is 26.2 Å². The van der Waals surface area contributed by atoms with Gasteiger partial charge in [0.1, 0.15) is 23.2 Å². The van der Waals surface area contributed by atoms with Crippen molar-refractivity contribution in [1.82, 2.24) is 19.9 Å². The number of nitrogens with one attached hydrogen (secondary N) is 1. The van der Waals surface area contributed by atoms with E-state index in [1.807, 2.05) is 0 Å². The van der Waals surface area contributed by atoms with Crippen molar-refractivity contribution in [1.29, 1.82) is 0 Å². The van der Waals surface area contributed by atoms with Gasteiger partial charge >= 0.3 is 5.97 Å². The van der Waals surface area contributed by atoms with Crippen LogP contribution < -0.4 is 4.90 Å². The zero-order chi connectivity index (χ0) is 18.8. The predicted molar refractivity (Wildman–Crippen MR) is 103 cm³/mol. The van der Waals surface area contributed by atoms with Crippen molar-refractivity contribution in [3.8, 4) is 0 Å². The van der Waals surface area contributed by atoms with E-state index in [-0.39, 0.29) is 12.4 Å². The van der Waals surface area contributed by atoms with E-state index in [0.29, 0.717) is 17.6 Å². The summed E-state index contributed by atoms with van der Waals surface area (Å²) < 4.78 is 5.00. The first kappa shape index (κ1) is 17.7. The van der Waals surface area contributed by atoms with Gasteiger partial charge < -0.3 is 14.6 Å². The molecule has 0 spiro atoms. The minimum atomic E-state index is -0.266. The first-order chi connectivity index (χ1) is 13.1. The van der Waals surface area contributed by atoms with E-state index >= 15 is 0 Å². The van der Waals surface area contributed by atoms with Gasteiger partial charge in [0.15, 0.2) is 0 Å². The summed E-state index contributed by atoms with van der Waals surface area (Å²) >= 11 is 5.83. The molecule has 0 fully saturated rings. The van der Waals surface area contributed by atoms with Crippen molar-refractivity contribution in [2.24, 2.45) is 0 Å². The molecule has 0 saturated heterocycles. The monoisotopic (exact) mass is 385 g/mol. The third kappa shape index (κ3) is 3.88. The number of hydrogen-bond donors (Lipinski definition) is 1. The van der Waals surface area contributed by atoms with E-state index in [1.54, 1.807) is 19.3 Å². The second kappa shape index (κ2) is 7.52. The lowest BCUT2D eigenvalue weighted by atomic mass is 10.0. The lowest BCUT2D eigenvalue weighted by Gasteiger charge is -2.20. The number of esters is 1. The number of imidazole rings is 1. The zero-order valence-corrected chi connectivity index (χ0v) is 15.8. The van der Waals surface area contributed by atoms with E-state index in [2.05, 4.69) is 37.0 Å². The Balaban J connectivity index is 1.54. The minimum Gasteiger partial charge on any atom is -0.466 e. The number of anilines is 1. The molecule has 0 saturated carbocycles. The van der Waals surface area contributed by atoms with Crippen LogP contribution in [0.1, 0.15) is 23.9 Å². The molecule has 1 N–H and O–H groups in total. The molecule has 1 aliphatic heterocycles. The number of nitrogens with zero attached hydrogens (tertiary/aromatic N) is 4. The number of H-pyrrole nitrogens is 1. The molecule has 3 aromatic rings. The van der Waals surface area contributed by atoms with Crippen molar-refractivity contribution >= 4 is 34.4 Å². The number of fused-ring (bicyclic) bond motifs is 2. The zero-order valence-electron chi connectivity index (χ0n) is 15.0. The SMILES string of the molecule is CCOC(=O)Cc1nc2cc3c(cc2[nH]1)CCN(c1cnc(Cl)cn1)CC3. The summed E-state index contributed by atoms with van der Waals surface area (Å²) in [6.07, 6.45) is 5.26. The largest absolute Gasteiger partial charge is 0.466 e. The summed E-state index contributed by atoms with van der Waals surface area (Å²) in [6.45, 7) is 3.89. The van der Waals surface area contributed by atoms with E-state index < -0.39 is 0 Å². The quantitative estimate of drug-likeness (QED) is 0.695. The molecule has 0 radical (unpaired) electrons. The Kier molecular flexibility index (Phi) is 4.94. The Morgan fingerprint density at radius 1 is 1.22 bits per heavy atom. The molecule has 0 aliphatic carbocycles. The van der Waals surface area contributed by atoms with E-state index in [0.717, 1.165) is 42.8 Å². The highest BCUT2D eigenvalue weighted by atomic mass is 35.5. The molecule has 2 aromatic heterocycles. The van der Waals surface area contributed by atoms with Crippen molar-refractivity contribution in [2.75, 3.05) is 24.6 Å². The van der Waals surface area contributed by atoms with Crippen LogP contribution in [0.2, 0.25) is 5.15 Å². The molecule has 3 heterocycles. The normalized spacial score (nSPS) is 14.1. The highest BCUT2D eigenvalue weighted by Gasteiger charge is 2.18. The number of benzene rings is 1. The fraction of sp³-hybridized carbons (Fsp3) is 0.368. The van der Waals surface area contributed by atoms with Gasteiger partial charge in [-0.15, -0.1) is 0 Å². The van der Waals surface area contributed by atoms with E-state index in [1.165, 1.54) is 11.1 Å². The molecule has 140 valence electrons. The Hall–Kier alpha value is -2.67. The average molecular weight is 386 g/mol. The van der Waals surface area contributed by atoms with Gasteiger partial charge in [-0.25, -0.2) is 15.0 Å². The van der Waals surface area contributed by atoms with Crippen molar-refractivity contribution in [3.05, 3.63) is 46.6 Å². The van der Waals surface area contributed by atoms with Gasteiger partial charge in [0, 0.05) is 13.1 Å². The molecule has 0 amide bonds. The van der Waals surface area contributed by atoms with E-state index in [4.69, 9.17) is 16.3 Å². The first-order valence-electron chi connectivity index (χ1n) is 9.01. The Labute approximate surface area is 161 Å². The van der Waals surface area contributed by atoms with E-state index in [9.17, 15) is 4.79 Å². The Bertz CT molecular complexity index is 925. The standard InChI is InChI=1S/C19H20ClN5O2/c1-2-27-19(26)9-17-23-14-7-12-3-5-25(18-11-21-16(20)10-22-18)6-4-13(12)8-15(14)24-17/h7-8,10-11H,2-6,9H2,1H3,(H,23,24). The molecule has 0 atom stereocenters. The number of halogens is 1. The molecular formula is C19H20ClN5O2. The number of carbonyl (C=O) groups excluding carboxylic acids is 1. The molecular weight excluding hydrogens is 366 g/mol. The number of aromatic nitrogens is 4. The van der Waals surface area contributed by atoms with Gasteiger partial charge in [0.25, 0.3) is 0 Å². The van der Waals surface area contributed by atoms with Crippen LogP contribution >= 0.6 is 11.6 Å². The molecule has 1 aliphatic rings. The molecule has 1 aromatic carbocycles. The summed E-state index contributed by atoms with van der Waals surface area (Å²) in [7, 11) is 0. The molecule has 8 heteroatoms. The maximum absolute atomic E-state index is 11.7. The number of hydrogen-bond acceptors (Lipinski definition) is 6. The van der Waals surface area contributed by atoms with Crippen molar-refractivity contribution < 1.29 is 9.53 Å². The first-order valence-corrected chi connectivity index (χ1v) is 9.38. The van der Waals surface area contributed by atoms with Crippen LogP contribution in [0.3, 0.4) is 0 Å². The average Bonchev–Trinajstić information content (AvgIpc) is 2.91. The number of ether oxygens (including phenoxy) is 1. The third-order valence-electron chi connectivity index (χ3n) is 4.70. The minimum absolute atomic E-state index is 0.163. The summed E-state index contributed by atoms with van der Waals surface area (Å²) in [6, 6.07) is 4.26. The van der Waals surface area contributed by atoms with Gasteiger partial charge in [-0.1, -0.05) is 11.6 Å². The number of rotatable bonds is 4. The van der Waals surface area contributed by atoms with Crippen LogP contribution in [0.5, 0.6) is 0 Å². The highest BCUT2D eigenvalue weighted by molar-refractivity contribution is 6.29. The van der Waals surface area contributed by atoms with Crippen LogP contribution in [0.4, 0.5) is 5.82 Å².